The Morgan fingerprint density at radius 1 is 1.25 bits per heavy atom. The highest BCUT2D eigenvalue weighted by Crippen LogP contribution is 2.02. The van der Waals surface area contributed by atoms with Crippen molar-refractivity contribution < 1.29 is 0 Å². The molecule has 0 saturated carbocycles. The summed E-state index contributed by atoms with van der Waals surface area (Å²) in [6.45, 7) is 6.38. The fourth-order valence-electron chi connectivity index (χ4n) is 0.745. The number of hydrogen-bond acceptors (Lipinski definition) is 1. The van der Waals surface area contributed by atoms with Crippen molar-refractivity contribution in [3.63, 3.8) is 0 Å². The molecule has 0 aliphatic rings. The van der Waals surface area contributed by atoms with Crippen LogP contribution in [0, 0.1) is 0 Å². The molecule has 1 nitrogen and oxygen atoms in total. The minimum absolute atomic E-state index is 0.992. The van der Waals surface area contributed by atoms with Crippen molar-refractivity contribution in [3.8, 4) is 0 Å². The van der Waals surface area contributed by atoms with Gasteiger partial charge in [0.15, 0.2) is 0 Å². The SMILES string of the molecule is CC/C(C)=C/C=C\C(=C\N)CC. The monoisotopic (exact) mass is 165 g/mol. The highest BCUT2D eigenvalue weighted by Gasteiger charge is 1.83. The van der Waals surface area contributed by atoms with Crippen molar-refractivity contribution in [3.05, 3.63) is 35.6 Å². The van der Waals surface area contributed by atoms with Gasteiger partial charge in [-0.05, 0) is 31.5 Å². The van der Waals surface area contributed by atoms with Gasteiger partial charge in [0.2, 0.25) is 0 Å². The van der Waals surface area contributed by atoms with Gasteiger partial charge >= 0.3 is 0 Å². The zero-order valence-corrected chi connectivity index (χ0v) is 8.30. The molecular weight excluding hydrogens is 146 g/mol. The van der Waals surface area contributed by atoms with Gasteiger partial charge in [-0.15, -0.1) is 0 Å². The number of nitrogens with two attached hydrogens (primary N) is 1. The summed E-state index contributed by atoms with van der Waals surface area (Å²) < 4.78 is 0. The third kappa shape index (κ3) is 4.78. The molecule has 0 aliphatic heterocycles. The summed E-state index contributed by atoms with van der Waals surface area (Å²) in [5, 5.41) is 0. The van der Waals surface area contributed by atoms with Gasteiger partial charge in [0, 0.05) is 0 Å². The highest BCUT2D eigenvalue weighted by molar-refractivity contribution is 5.22. The molecule has 12 heavy (non-hydrogen) atoms. The van der Waals surface area contributed by atoms with Gasteiger partial charge in [-0.3, -0.25) is 0 Å². The van der Waals surface area contributed by atoms with Gasteiger partial charge < -0.3 is 5.73 Å². The smallest absolute Gasteiger partial charge is 0.00298 e. The van der Waals surface area contributed by atoms with Crippen molar-refractivity contribution in [2.24, 2.45) is 5.73 Å². The Morgan fingerprint density at radius 2 is 1.92 bits per heavy atom. The third-order valence-corrected chi connectivity index (χ3v) is 1.87. The molecule has 0 saturated heterocycles. The minimum Gasteiger partial charge on any atom is -0.404 e. The van der Waals surface area contributed by atoms with Crippen LogP contribution in [0.2, 0.25) is 0 Å². The first-order valence-electron chi connectivity index (χ1n) is 4.49. The van der Waals surface area contributed by atoms with Crippen molar-refractivity contribution >= 4 is 0 Å². The lowest BCUT2D eigenvalue weighted by Gasteiger charge is -1.93. The largest absolute Gasteiger partial charge is 0.404 e. The molecule has 0 amide bonds. The molecule has 2 N–H and O–H groups in total. The Morgan fingerprint density at radius 3 is 2.33 bits per heavy atom. The summed E-state index contributed by atoms with van der Waals surface area (Å²) in [6, 6.07) is 0. The van der Waals surface area contributed by atoms with E-state index in [-0.39, 0.29) is 0 Å². The van der Waals surface area contributed by atoms with Gasteiger partial charge in [0.25, 0.3) is 0 Å². The molecule has 0 fully saturated rings. The Hall–Kier alpha value is -0.980. The van der Waals surface area contributed by atoms with Crippen LogP contribution in [0.4, 0.5) is 0 Å². The molecule has 0 radical (unpaired) electrons. The maximum atomic E-state index is 5.40. The summed E-state index contributed by atoms with van der Waals surface area (Å²) >= 11 is 0. The molecule has 0 aromatic carbocycles. The fourth-order valence-corrected chi connectivity index (χ4v) is 0.745. The van der Waals surface area contributed by atoms with Gasteiger partial charge in [0.1, 0.15) is 0 Å². The van der Waals surface area contributed by atoms with Crippen LogP contribution in [-0.4, -0.2) is 0 Å². The number of rotatable bonds is 4. The minimum atomic E-state index is 0.992. The standard InChI is InChI=1S/C11H19N/c1-4-10(3)7-6-8-11(5-2)9-12/h6-9H,4-5,12H2,1-3H3/b8-6-,10-7+,11-9+. The molecule has 0 rings (SSSR count). The van der Waals surface area contributed by atoms with Crippen molar-refractivity contribution in [1.82, 2.24) is 0 Å². The summed E-state index contributed by atoms with van der Waals surface area (Å²) in [4.78, 5) is 0. The van der Waals surface area contributed by atoms with Crippen LogP contribution in [0.15, 0.2) is 35.6 Å². The highest BCUT2D eigenvalue weighted by atomic mass is 14.5. The maximum absolute atomic E-state index is 5.40. The second-order valence-electron chi connectivity index (χ2n) is 2.82. The second kappa shape index (κ2) is 6.71. The Balaban J connectivity index is 4.07. The lowest BCUT2D eigenvalue weighted by Crippen LogP contribution is -1.83. The Labute approximate surface area is 75.7 Å². The molecule has 0 aromatic heterocycles. The van der Waals surface area contributed by atoms with Crippen molar-refractivity contribution in [1.29, 1.82) is 0 Å². The number of hydrogen-bond donors (Lipinski definition) is 1. The van der Waals surface area contributed by atoms with E-state index in [0.717, 1.165) is 12.8 Å². The zero-order valence-electron chi connectivity index (χ0n) is 8.30. The maximum Gasteiger partial charge on any atom is -0.00298 e. The van der Waals surface area contributed by atoms with Gasteiger partial charge in [-0.1, -0.05) is 37.6 Å². The Kier molecular flexibility index (Phi) is 6.16. The van der Waals surface area contributed by atoms with E-state index in [4.69, 9.17) is 5.73 Å². The predicted octanol–water partition coefficient (Wildman–Crippen LogP) is 3.15. The first kappa shape index (κ1) is 11.0. The van der Waals surface area contributed by atoms with E-state index in [1.807, 2.05) is 0 Å². The quantitative estimate of drug-likeness (QED) is 0.636. The normalized spacial score (nSPS) is 14.2. The molecule has 0 heterocycles. The molecule has 0 unspecified atom stereocenters. The van der Waals surface area contributed by atoms with Crippen LogP contribution in [0.1, 0.15) is 33.6 Å². The van der Waals surface area contributed by atoms with Crippen LogP contribution in [0.25, 0.3) is 0 Å². The first-order valence-corrected chi connectivity index (χ1v) is 4.49. The van der Waals surface area contributed by atoms with E-state index in [0.29, 0.717) is 0 Å². The van der Waals surface area contributed by atoms with E-state index in [1.165, 1.54) is 11.1 Å². The molecular formula is C11H19N. The van der Waals surface area contributed by atoms with E-state index < -0.39 is 0 Å². The van der Waals surface area contributed by atoms with Crippen LogP contribution in [-0.2, 0) is 0 Å². The average Bonchev–Trinajstić information content (AvgIpc) is 2.12. The molecule has 0 spiro atoms. The number of allylic oxidation sites excluding steroid dienone is 5. The molecule has 0 aromatic rings. The van der Waals surface area contributed by atoms with Crippen LogP contribution >= 0.6 is 0 Å². The topological polar surface area (TPSA) is 26.0 Å². The van der Waals surface area contributed by atoms with Gasteiger partial charge in [0.05, 0.1) is 0 Å². The molecule has 0 atom stereocenters. The molecule has 68 valence electrons. The van der Waals surface area contributed by atoms with Crippen LogP contribution in [0.5, 0.6) is 0 Å². The van der Waals surface area contributed by atoms with E-state index >= 15 is 0 Å². The summed E-state index contributed by atoms with van der Waals surface area (Å²) in [6.07, 6.45) is 10.00. The van der Waals surface area contributed by atoms with Crippen molar-refractivity contribution in [2.45, 2.75) is 33.6 Å². The molecule has 0 bridgehead atoms. The van der Waals surface area contributed by atoms with Crippen LogP contribution < -0.4 is 5.73 Å². The summed E-state index contributed by atoms with van der Waals surface area (Å²) in [5.41, 5.74) is 7.96. The van der Waals surface area contributed by atoms with E-state index in [2.05, 4.69) is 39.0 Å². The molecule has 0 aliphatic carbocycles. The van der Waals surface area contributed by atoms with Gasteiger partial charge in [-0.2, -0.15) is 0 Å². The summed E-state index contributed by atoms with van der Waals surface area (Å²) in [7, 11) is 0. The van der Waals surface area contributed by atoms with Crippen LogP contribution in [0.3, 0.4) is 0 Å². The Bertz CT molecular complexity index is 197. The lowest BCUT2D eigenvalue weighted by atomic mass is 10.2. The zero-order chi connectivity index (χ0) is 9.40. The average molecular weight is 165 g/mol. The first-order chi connectivity index (χ1) is 5.74. The van der Waals surface area contributed by atoms with Gasteiger partial charge in [-0.25, -0.2) is 0 Å². The lowest BCUT2D eigenvalue weighted by molar-refractivity contribution is 1.10. The molecule has 1 heteroatoms. The van der Waals surface area contributed by atoms with Crippen molar-refractivity contribution in [2.75, 3.05) is 0 Å². The van der Waals surface area contributed by atoms with E-state index in [1.54, 1.807) is 6.20 Å². The second-order valence-corrected chi connectivity index (χ2v) is 2.82. The van der Waals surface area contributed by atoms with E-state index in [9.17, 15) is 0 Å². The predicted molar refractivity (Wildman–Crippen MR) is 55.7 cm³/mol. The third-order valence-electron chi connectivity index (χ3n) is 1.87. The summed E-state index contributed by atoms with van der Waals surface area (Å²) in [5.74, 6) is 0. The fraction of sp³-hybridized carbons (Fsp3) is 0.455.